The van der Waals surface area contributed by atoms with Gasteiger partial charge in [0.05, 0.1) is 11.5 Å². The first kappa shape index (κ1) is 20.7. The summed E-state index contributed by atoms with van der Waals surface area (Å²) in [5, 5.41) is 16.1. The number of rotatable bonds is 7. The molecule has 0 spiro atoms. The standard InChI is InChI=1S/C17H22F2N4O4/c1-11(20-17(25)12-3-2-4-14(9-12)23(26)27)16(24)21-13-5-7-22(8-6-13)10-15(18)19/h2-4,9,11,13,15H,5-8,10H2,1H3,(H,20,25)(H,21,24). The van der Waals surface area contributed by atoms with Crippen LogP contribution in [-0.2, 0) is 4.79 Å². The molecule has 0 bridgehead atoms. The van der Waals surface area contributed by atoms with E-state index in [1.54, 1.807) is 4.90 Å². The van der Waals surface area contributed by atoms with Gasteiger partial charge in [-0.3, -0.25) is 24.6 Å². The first-order valence-corrected chi connectivity index (χ1v) is 8.62. The summed E-state index contributed by atoms with van der Waals surface area (Å²) in [6.45, 7) is 2.19. The van der Waals surface area contributed by atoms with E-state index in [2.05, 4.69) is 10.6 Å². The van der Waals surface area contributed by atoms with Crippen LogP contribution < -0.4 is 10.6 Å². The average Bonchev–Trinajstić information content (AvgIpc) is 2.62. The number of carbonyl (C=O) groups excluding carboxylic acids is 2. The number of piperidine rings is 1. The molecule has 1 heterocycles. The smallest absolute Gasteiger partial charge is 0.270 e. The number of nitro benzene ring substituents is 1. The largest absolute Gasteiger partial charge is 0.351 e. The number of non-ortho nitro benzene ring substituents is 1. The molecule has 1 aliphatic heterocycles. The number of halogens is 2. The van der Waals surface area contributed by atoms with Crippen LogP contribution in [0.25, 0.3) is 0 Å². The van der Waals surface area contributed by atoms with Crippen LogP contribution in [-0.4, -0.2) is 59.8 Å². The Kier molecular flexibility index (Phi) is 7.17. The average molecular weight is 384 g/mol. The summed E-state index contributed by atoms with van der Waals surface area (Å²) in [5.41, 5.74) is -0.125. The van der Waals surface area contributed by atoms with Crippen molar-refractivity contribution in [2.75, 3.05) is 19.6 Å². The van der Waals surface area contributed by atoms with Crippen LogP contribution in [0.3, 0.4) is 0 Å². The van der Waals surface area contributed by atoms with Crippen LogP contribution in [0.1, 0.15) is 30.1 Å². The lowest BCUT2D eigenvalue weighted by Gasteiger charge is -2.32. The van der Waals surface area contributed by atoms with Crippen LogP contribution in [0, 0.1) is 10.1 Å². The summed E-state index contributed by atoms with van der Waals surface area (Å²) in [7, 11) is 0. The predicted molar refractivity (Wildman–Crippen MR) is 93.6 cm³/mol. The molecule has 0 aliphatic carbocycles. The highest BCUT2D eigenvalue weighted by Gasteiger charge is 2.25. The Hall–Kier alpha value is -2.62. The number of likely N-dealkylation sites (tertiary alicyclic amines) is 1. The Labute approximate surface area is 155 Å². The molecule has 0 radical (unpaired) electrons. The van der Waals surface area contributed by atoms with Gasteiger partial charge in [-0.05, 0) is 25.8 Å². The number of benzene rings is 1. The van der Waals surface area contributed by atoms with Gasteiger partial charge in [0.2, 0.25) is 5.91 Å². The summed E-state index contributed by atoms with van der Waals surface area (Å²) >= 11 is 0. The minimum Gasteiger partial charge on any atom is -0.351 e. The molecule has 2 rings (SSSR count). The van der Waals surface area contributed by atoms with Gasteiger partial charge in [-0.2, -0.15) is 0 Å². The summed E-state index contributed by atoms with van der Waals surface area (Å²) in [6, 6.07) is 4.25. The molecule has 0 saturated carbocycles. The first-order valence-electron chi connectivity index (χ1n) is 8.62. The number of nitro groups is 1. The molecule has 1 saturated heterocycles. The molecule has 148 valence electrons. The van der Waals surface area contributed by atoms with Crippen molar-refractivity contribution < 1.29 is 23.3 Å². The molecule has 2 N–H and O–H groups in total. The number of carbonyl (C=O) groups is 2. The predicted octanol–water partition coefficient (Wildman–Crippen LogP) is 1.56. The molecule has 0 aromatic heterocycles. The molecule has 1 unspecified atom stereocenters. The molecule has 10 heteroatoms. The Morgan fingerprint density at radius 1 is 1.33 bits per heavy atom. The second-order valence-corrected chi connectivity index (χ2v) is 6.48. The Bertz CT molecular complexity index is 693. The van der Waals surface area contributed by atoms with Crippen LogP contribution in [0.15, 0.2) is 24.3 Å². The van der Waals surface area contributed by atoms with Gasteiger partial charge in [-0.1, -0.05) is 6.07 Å². The molecular formula is C17H22F2N4O4. The van der Waals surface area contributed by atoms with Crippen molar-refractivity contribution in [3.05, 3.63) is 39.9 Å². The summed E-state index contributed by atoms with van der Waals surface area (Å²) in [6.07, 6.45) is -1.26. The van der Waals surface area contributed by atoms with E-state index < -0.39 is 23.3 Å². The maximum atomic E-state index is 12.4. The van der Waals surface area contributed by atoms with Gasteiger partial charge in [-0.25, -0.2) is 8.78 Å². The third-order valence-electron chi connectivity index (χ3n) is 4.39. The lowest BCUT2D eigenvalue weighted by Crippen LogP contribution is -2.51. The van der Waals surface area contributed by atoms with E-state index >= 15 is 0 Å². The number of alkyl halides is 2. The molecule has 1 fully saturated rings. The van der Waals surface area contributed by atoms with Crippen molar-refractivity contribution in [1.29, 1.82) is 0 Å². The SMILES string of the molecule is CC(NC(=O)c1cccc([N+](=O)[O-])c1)C(=O)NC1CCN(CC(F)F)CC1. The van der Waals surface area contributed by atoms with Gasteiger partial charge >= 0.3 is 0 Å². The highest BCUT2D eigenvalue weighted by Crippen LogP contribution is 2.14. The maximum Gasteiger partial charge on any atom is 0.270 e. The number of amides is 2. The summed E-state index contributed by atoms with van der Waals surface area (Å²) in [4.78, 5) is 36.2. The van der Waals surface area contributed by atoms with Crippen molar-refractivity contribution in [3.63, 3.8) is 0 Å². The fourth-order valence-electron chi connectivity index (χ4n) is 2.89. The number of nitrogens with one attached hydrogen (secondary N) is 2. The van der Waals surface area contributed by atoms with Gasteiger partial charge in [0.15, 0.2) is 0 Å². The van der Waals surface area contributed by atoms with E-state index in [0.717, 1.165) is 6.07 Å². The molecular weight excluding hydrogens is 362 g/mol. The Balaban J connectivity index is 1.83. The molecule has 8 nitrogen and oxygen atoms in total. The van der Waals surface area contributed by atoms with E-state index in [1.165, 1.54) is 25.1 Å². The van der Waals surface area contributed by atoms with E-state index in [-0.39, 0.29) is 29.7 Å². The van der Waals surface area contributed by atoms with Gasteiger partial charge in [-0.15, -0.1) is 0 Å². The second kappa shape index (κ2) is 9.36. The van der Waals surface area contributed by atoms with Gasteiger partial charge in [0.25, 0.3) is 18.0 Å². The number of hydrogen-bond donors (Lipinski definition) is 2. The normalized spacial score (nSPS) is 16.7. The molecule has 1 aromatic rings. The molecule has 27 heavy (non-hydrogen) atoms. The van der Waals surface area contributed by atoms with Crippen molar-refractivity contribution in [3.8, 4) is 0 Å². The third-order valence-corrected chi connectivity index (χ3v) is 4.39. The lowest BCUT2D eigenvalue weighted by molar-refractivity contribution is -0.384. The van der Waals surface area contributed by atoms with E-state index in [1.807, 2.05) is 0 Å². The zero-order valence-corrected chi connectivity index (χ0v) is 14.9. The van der Waals surface area contributed by atoms with Crippen molar-refractivity contribution in [1.82, 2.24) is 15.5 Å². The fourth-order valence-corrected chi connectivity index (χ4v) is 2.89. The fraction of sp³-hybridized carbons (Fsp3) is 0.529. The topological polar surface area (TPSA) is 105 Å². The van der Waals surface area contributed by atoms with Crippen LogP contribution in [0.2, 0.25) is 0 Å². The highest BCUT2D eigenvalue weighted by atomic mass is 19.3. The van der Waals surface area contributed by atoms with Crippen LogP contribution in [0.4, 0.5) is 14.5 Å². The van der Waals surface area contributed by atoms with Gasteiger partial charge in [0, 0.05) is 36.8 Å². The third kappa shape index (κ3) is 6.24. The van der Waals surface area contributed by atoms with E-state index in [9.17, 15) is 28.5 Å². The summed E-state index contributed by atoms with van der Waals surface area (Å²) in [5.74, 6) is -0.978. The van der Waals surface area contributed by atoms with Crippen LogP contribution in [0.5, 0.6) is 0 Å². The minimum absolute atomic E-state index is 0.0872. The number of hydrogen-bond acceptors (Lipinski definition) is 5. The second-order valence-electron chi connectivity index (χ2n) is 6.48. The quantitative estimate of drug-likeness (QED) is 0.548. The molecule has 1 aliphatic rings. The van der Waals surface area contributed by atoms with Gasteiger partial charge in [0.1, 0.15) is 6.04 Å². The molecule has 1 atom stereocenters. The zero-order valence-electron chi connectivity index (χ0n) is 14.9. The Morgan fingerprint density at radius 3 is 2.59 bits per heavy atom. The monoisotopic (exact) mass is 384 g/mol. The Morgan fingerprint density at radius 2 is 2.00 bits per heavy atom. The summed E-state index contributed by atoms with van der Waals surface area (Å²) < 4.78 is 24.7. The maximum absolute atomic E-state index is 12.4. The van der Waals surface area contributed by atoms with Gasteiger partial charge < -0.3 is 10.6 Å². The molecule has 2 amide bonds. The van der Waals surface area contributed by atoms with Crippen molar-refractivity contribution >= 4 is 17.5 Å². The zero-order chi connectivity index (χ0) is 20.0. The van der Waals surface area contributed by atoms with Crippen molar-refractivity contribution in [2.45, 2.75) is 38.3 Å². The van der Waals surface area contributed by atoms with E-state index in [0.29, 0.717) is 25.9 Å². The minimum atomic E-state index is -2.37. The van der Waals surface area contributed by atoms with E-state index in [4.69, 9.17) is 0 Å². The molecule has 1 aromatic carbocycles. The number of nitrogens with zero attached hydrogens (tertiary/aromatic N) is 2. The van der Waals surface area contributed by atoms with Crippen LogP contribution >= 0.6 is 0 Å². The lowest BCUT2D eigenvalue weighted by atomic mass is 10.0. The van der Waals surface area contributed by atoms with Crippen molar-refractivity contribution in [2.24, 2.45) is 0 Å². The highest BCUT2D eigenvalue weighted by molar-refractivity contribution is 5.97. The first-order chi connectivity index (χ1) is 12.8.